The van der Waals surface area contributed by atoms with Gasteiger partial charge in [-0.05, 0) is 87.1 Å². The molecule has 3 N–H and O–H groups in total. The maximum Gasteiger partial charge on any atom is 0.306 e. The third-order valence-corrected chi connectivity index (χ3v) is 7.09. The van der Waals surface area contributed by atoms with Gasteiger partial charge in [0, 0.05) is 46.5 Å². The smallest absolute Gasteiger partial charge is 0.306 e. The first kappa shape index (κ1) is 26.9. The van der Waals surface area contributed by atoms with Crippen LogP contribution in [0.4, 0.5) is 0 Å². The van der Waals surface area contributed by atoms with Crippen LogP contribution in [0.3, 0.4) is 0 Å². The Labute approximate surface area is 222 Å². The van der Waals surface area contributed by atoms with Crippen molar-refractivity contribution >= 4 is 22.8 Å². The standard InChI is InChI=1S/C31H35N3O4/c1-17(2)34-16-20(5)28-25(29(35)32-15-26-18(3)11-21(6)33-30(26)36)13-24(14-27(28)34)23-9-7-22(8-10-23)12-19(4)31(37)38/h7-11,13-14,16-17,19H,12,15H2,1-6H3,(H,32,35)(H,33,36)(H,37,38). The summed E-state index contributed by atoms with van der Waals surface area (Å²) in [4.78, 5) is 40.1. The van der Waals surface area contributed by atoms with Gasteiger partial charge in [0.05, 0.1) is 5.92 Å². The maximum absolute atomic E-state index is 13.6. The van der Waals surface area contributed by atoms with Crippen molar-refractivity contribution in [1.29, 1.82) is 0 Å². The average molecular weight is 514 g/mol. The fourth-order valence-corrected chi connectivity index (χ4v) is 5.00. The zero-order valence-corrected chi connectivity index (χ0v) is 22.8. The third kappa shape index (κ3) is 5.42. The molecular weight excluding hydrogens is 478 g/mol. The number of nitrogens with one attached hydrogen (secondary N) is 2. The lowest BCUT2D eigenvalue weighted by Gasteiger charge is -2.14. The van der Waals surface area contributed by atoms with E-state index in [-0.39, 0.29) is 24.1 Å². The SMILES string of the molecule is Cc1cc(C)c(CNC(=O)c2cc(-c3ccc(CC(C)C(=O)O)cc3)cc3c2c(C)cn3C(C)C)c(=O)[nH]1. The predicted octanol–water partition coefficient (Wildman–Crippen LogP) is 5.70. The Morgan fingerprint density at radius 3 is 2.26 bits per heavy atom. The molecule has 0 saturated heterocycles. The lowest BCUT2D eigenvalue weighted by Crippen LogP contribution is -2.28. The summed E-state index contributed by atoms with van der Waals surface area (Å²) in [5.74, 6) is -1.52. The van der Waals surface area contributed by atoms with Crippen LogP contribution >= 0.6 is 0 Å². The summed E-state index contributed by atoms with van der Waals surface area (Å²) in [6, 6.07) is 13.9. The van der Waals surface area contributed by atoms with Gasteiger partial charge in [-0.2, -0.15) is 0 Å². The molecule has 0 aliphatic carbocycles. The summed E-state index contributed by atoms with van der Waals surface area (Å²) in [5.41, 5.74) is 7.27. The summed E-state index contributed by atoms with van der Waals surface area (Å²) in [5, 5.41) is 13.1. The van der Waals surface area contributed by atoms with Crippen LogP contribution in [0, 0.1) is 26.7 Å². The van der Waals surface area contributed by atoms with Crippen molar-refractivity contribution in [3.05, 3.63) is 92.5 Å². The number of nitrogens with zero attached hydrogens (tertiary/aromatic N) is 1. The van der Waals surface area contributed by atoms with Crippen molar-refractivity contribution < 1.29 is 14.7 Å². The van der Waals surface area contributed by atoms with E-state index in [2.05, 4.69) is 41.0 Å². The number of aromatic amines is 1. The molecule has 198 valence electrons. The molecule has 0 aliphatic heterocycles. The molecule has 1 unspecified atom stereocenters. The highest BCUT2D eigenvalue weighted by Crippen LogP contribution is 2.33. The van der Waals surface area contributed by atoms with Gasteiger partial charge in [-0.25, -0.2) is 0 Å². The number of aryl methyl sites for hydroxylation is 3. The van der Waals surface area contributed by atoms with Gasteiger partial charge in [0.25, 0.3) is 11.5 Å². The number of benzene rings is 2. The van der Waals surface area contributed by atoms with Gasteiger partial charge in [0.15, 0.2) is 0 Å². The first-order valence-electron chi connectivity index (χ1n) is 12.9. The molecule has 0 radical (unpaired) electrons. The second-order valence-electron chi connectivity index (χ2n) is 10.5. The van der Waals surface area contributed by atoms with Crippen LogP contribution < -0.4 is 10.9 Å². The van der Waals surface area contributed by atoms with E-state index in [1.165, 1.54) is 0 Å². The van der Waals surface area contributed by atoms with Crippen molar-refractivity contribution in [2.45, 2.75) is 60.5 Å². The quantitative estimate of drug-likeness (QED) is 0.281. The predicted molar refractivity (Wildman–Crippen MR) is 151 cm³/mol. The number of rotatable bonds is 8. The van der Waals surface area contributed by atoms with E-state index in [9.17, 15) is 19.5 Å². The first-order valence-corrected chi connectivity index (χ1v) is 12.9. The number of hydrogen-bond acceptors (Lipinski definition) is 3. The number of aromatic nitrogens is 2. The number of carbonyl (C=O) groups excluding carboxylic acids is 1. The number of pyridine rings is 1. The van der Waals surface area contributed by atoms with Gasteiger partial charge in [-0.3, -0.25) is 14.4 Å². The molecule has 4 rings (SSSR count). The van der Waals surface area contributed by atoms with E-state index < -0.39 is 11.9 Å². The van der Waals surface area contributed by atoms with Crippen molar-refractivity contribution in [3.8, 4) is 11.1 Å². The number of aliphatic carboxylic acids is 1. The van der Waals surface area contributed by atoms with Crippen LogP contribution in [0.5, 0.6) is 0 Å². The van der Waals surface area contributed by atoms with Crippen molar-refractivity contribution in [1.82, 2.24) is 14.9 Å². The minimum Gasteiger partial charge on any atom is -0.481 e. The van der Waals surface area contributed by atoms with E-state index in [1.807, 2.05) is 57.2 Å². The minimum atomic E-state index is -0.817. The Bertz CT molecular complexity index is 1580. The van der Waals surface area contributed by atoms with Gasteiger partial charge in [0.2, 0.25) is 0 Å². The molecule has 2 aromatic carbocycles. The number of carboxylic acid groups (broad SMARTS) is 1. The number of hydrogen-bond donors (Lipinski definition) is 3. The van der Waals surface area contributed by atoms with Crippen LogP contribution in [-0.4, -0.2) is 26.5 Å². The molecule has 1 amide bonds. The van der Waals surface area contributed by atoms with Gasteiger partial charge in [0.1, 0.15) is 0 Å². The highest BCUT2D eigenvalue weighted by atomic mass is 16.4. The van der Waals surface area contributed by atoms with E-state index in [4.69, 9.17) is 0 Å². The van der Waals surface area contributed by atoms with Crippen LogP contribution in [0.15, 0.2) is 53.5 Å². The van der Waals surface area contributed by atoms with Gasteiger partial charge in [-0.15, -0.1) is 0 Å². The molecule has 1 atom stereocenters. The maximum atomic E-state index is 13.6. The highest BCUT2D eigenvalue weighted by molar-refractivity contribution is 6.09. The molecule has 4 aromatic rings. The number of H-pyrrole nitrogens is 1. The number of carbonyl (C=O) groups is 2. The molecule has 2 heterocycles. The largest absolute Gasteiger partial charge is 0.481 e. The van der Waals surface area contributed by atoms with E-state index in [1.54, 1.807) is 6.92 Å². The normalized spacial score (nSPS) is 12.2. The Hall–Kier alpha value is -4.13. The van der Waals surface area contributed by atoms with Crippen LogP contribution in [0.25, 0.3) is 22.0 Å². The van der Waals surface area contributed by atoms with Crippen molar-refractivity contribution in [2.24, 2.45) is 5.92 Å². The lowest BCUT2D eigenvalue weighted by atomic mass is 9.95. The highest BCUT2D eigenvalue weighted by Gasteiger charge is 2.20. The zero-order valence-electron chi connectivity index (χ0n) is 22.8. The van der Waals surface area contributed by atoms with E-state index in [0.717, 1.165) is 44.4 Å². The molecule has 0 saturated carbocycles. The van der Waals surface area contributed by atoms with E-state index in [0.29, 0.717) is 17.5 Å². The molecular formula is C31H35N3O4. The van der Waals surface area contributed by atoms with E-state index >= 15 is 0 Å². The first-order chi connectivity index (χ1) is 18.0. The molecule has 0 bridgehead atoms. The minimum absolute atomic E-state index is 0.131. The second-order valence-corrected chi connectivity index (χ2v) is 10.5. The summed E-state index contributed by atoms with van der Waals surface area (Å²) < 4.78 is 2.17. The summed E-state index contributed by atoms with van der Waals surface area (Å²) in [6.07, 6.45) is 2.52. The Kier molecular flexibility index (Phi) is 7.58. The Morgan fingerprint density at radius 2 is 1.66 bits per heavy atom. The van der Waals surface area contributed by atoms with Crippen molar-refractivity contribution in [3.63, 3.8) is 0 Å². The van der Waals surface area contributed by atoms with Crippen LogP contribution in [-0.2, 0) is 17.8 Å². The number of fused-ring (bicyclic) bond motifs is 1. The second kappa shape index (κ2) is 10.7. The fourth-order valence-electron chi connectivity index (χ4n) is 5.00. The Balaban J connectivity index is 1.74. The molecule has 2 aromatic heterocycles. The molecule has 0 fully saturated rings. The van der Waals surface area contributed by atoms with Crippen molar-refractivity contribution in [2.75, 3.05) is 0 Å². The average Bonchev–Trinajstić information content (AvgIpc) is 3.19. The third-order valence-electron chi connectivity index (χ3n) is 7.09. The molecule has 0 spiro atoms. The van der Waals surface area contributed by atoms with Gasteiger partial charge >= 0.3 is 5.97 Å². The fraction of sp³-hybridized carbons (Fsp3) is 0.323. The molecule has 7 nitrogen and oxygen atoms in total. The lowest BCUT2D eigenvalue weighted by molar-refractivity contribution is -0.141. The zero-order chi connectivity index (χ0) is 27.7. The monoisotopic (exact) mass is 513 g/mol. The molecule has 0 aliphatic rings. The summed E-state index contributed by atoms with van der Waals surface area (Å²) in [6.45, 7) is 11.8. The van der Waals surface area contributed by atoms with Gasteiger partial charge in [-0.1, -0.05) is 31.2 Å². The number of amides is 1. The molecule has 7 heteroatoms. The summed E-state index contributed by atoms with van der Waals surface area (Å²) in [7, 11) is 0. The van der Waals surface area contributed by atoms with Crippen LogP contribution in [0.2, 0.25) is 0 Å². The Morgan fingerprint density at radius 1 is 0.974 bits per heavy atom. The molecule has 38 heavy (non-hydrogen) atoms. The topological polar surface area (TPSA) is 104 Å². The van der Waals surface area contributed by atoms with Gasteiger partial charge < -0.3 is 20.0 Å². The number of carboxylic acids is 1. The summed E-state index contributed by atoms with van der Waals surface area (Å²) >= 11 is 0. The van der Waals surface area contributed by atoms with Crippen LogP contribution in [0.1, 0.15) is 65.1 Å².